The van der Waals surface area contributed by atoms with Crippen molar-refractivity contribution in [2.75, 3.05) is 14.2 Å². The molecule has 2 heterocycles. The van der Waals surface area contributed by atoms with E-state index in [4.69, 9.17) is 17.0 Å². The fourth-order valence-electron chi connectivity index (χ4n) is 1.88. The lowest BCUT2D eigenvalue weighted by atomic mass is 10.2. The van der Waals surface area contributed by atoms with Crippen LogP contribution in [0.4, 0.5) is 0 Å². The predicted molar refractivity (Wildman–Crippen MR) is 81.9 cm³/mol. The number of nitrogens with zero attached hydrogens (tertiary/aromatic N) is 1. The average Bonchev–Trinajstić information content (AvgIpc) is 2.80. The van der Waals surface area contributed by atoms with Crippen LogP contribution in [0.15, 0.2) is 20.2 Å². The standard InChI is InChI=1S/C12H13IN2O6/c1-15-4-6(11(16)14-12(15)17)8-10(19-3)9(18-2)7(21-8)5-20-13/h4H,5H2,1-3H3,(H,14,16,17). The monoisotopic (exact) mass is 408 g/mol. The number of nitrogens with one attached hydrogen (secondary N) is 1. The third-order valence-corrected chi connectivity index (χ3v) is 3.15. The summed E-state index contributed by atoms with van der Waals surface area (Å²) in [6, 6.07) is 0. The summed E-state index contributed by atoms with van der Waals surface area (Å²) in [7, 11) is 4.41. The third-order valence-electron chi connectivity index (χ3n) is 2.84. The Labute approximate surface area is 133 Å². The van der Waals surface area contributed by atoms with E-state index in [1.807, 2.05) is 0 Å². The van der Waals surface area contributed by atoms with Gasteiger partial charge >= 0.3 is 5.69 Å². The second kappa shape index (κ2) is 6.35. The number of H-pyrrole nitrogens is 1. The molecule has 0 saturated carbocycles. The molecule has 9 heteroatoms. The van der Waals surface area contributed by atoms with E-state index in [1.54, 1.807) is 23.0 Å². The smallest absolute Gasteiger partial charge is 0.328 e. The van der Waals surface area contributed by atoms with Crippen LogP contribution >= 0.6 is 23.0 Å². The molecule has 2 rings (SSSR count). The molecule has 0 radical (unpaired) electrons. The van der Waals surface area contributed by atoms with Gasteiger partial charge in [-0.25, -0.2) is 4.79 Å². The molecular formula is C12H13IN2O6. The van der Waals surface area contributed by atoms with E-state index in [0.717, 1.165) is 0 Å². The Hall–Kier alpha value is -1.75. The number of rotatable bonds is 5. The van der Waals surface area contributed by atoms with Gasteiger partial charge in [-0.05, 0) is 0 Å². The minimum absolute atomic E-state index is 0.143. The van der Waals surface area contributed by atoms with E-state index in [1.165, 1.54) is 32.0 Å². The van der Waals surface area contributed by atoms with Gasteiger partial charge in [-0.15, -0.1) is 0 Å². The van der Waals surface area contributed by atoms with Crippen LogP contribution in [0, 0.1) is 0 Å². The van der Waals surface area contributed by atoms with E-state index in [0.29, 0.717) is 11.5 Å². The van der Waals surface area contributed by atoms with Gasteiger partial charge in [0.2, 0.25) is 11.5 Å². The van der Waals surface area contributed by atoms with Gasteiger partial charge in [0.25, 0.3) is 5.56 Å². The highest BCUT2D eigenvalue weighted by molar-refractivity contribution is 14.1. The van der Waals surface area contributed by atoms with Crippen molar-refractivity contribution in [3.05, 3.63) is 32.8 Å². The Morgan fingerprint density at radius 2 is 1.95 bits per heavy atom. The Bertz CT molecular complexity index is 760. The maximum atomic E-state index is 12.0. The van der Waals surface area contributed by atoms with Crippen LogP contribution in [0.25, 0.3) is 11.3 Å². The molecule has 0 aliphatic rings. The number of hydrogen-bond acceptors (Lipinski definition) is 6. The van der Waals surface area contributed by atoms with Crippen molar-refractivity contribution < 1.29 is 17.0 Å². The van der Waals surface area contributed by atoms with Crippen molar-refractivity contribution in [2.45, 2.75) is 6.61 Å². The van der Waals surface area contributed by atoms with Gasteiger partial charge < -0.3 is 21.5 Å². The van der Waals surface area contributed by atoms with Gasteiger partial charge in [-0.2, -0.15) is 0 Å². The van der Waals surface area contributed by atoms with Crippen molar-refractivity contribution in [3.63, 3.8) is 0 Å². The molecule has 1 N–H and O–H groups in total. The maximum Gasteiger partial charge on any atom is 0.328 e. The zero-order valence-corrected chi connectivity index (χ0v) is 13.7. The predicted octanol–water partition coefficient (Wildman–Crippen LogP) is 1.22. The summed E-state index contributed by atoms with van der Waals surface area (Å²) in [4.78, 5) is 25.6. The molecule has 0 unspecified atom stereocenters. The summed E-state index contributed by atoms with van der Waals surface area (Å²) in [6.07, 6.45) is 1.37. The van der Waals surface area contributed by atoms with Crippen LogP contribution in [0.1, 0.15) is 5.76 Å². The molecule has 0 aliphatic heterocycles. The largest absolute Gasteiger partial charge is 0.490 e. The molecule has 0 aromatic carbocycles. The number of hydrogen-bond donors (Lipinski definition) is 1. The first-order chi connectivity index (χ1) is 10.0. The molecule has 0 aliphatic carbocycles. The molecule has 0 saturated heterocycles. The SMILES string of the molecule is COc1c(COI)oc(-c2cn(C)c(=O)[nH]c2=O)c1OC. The first-order valence-corrected chi connectivity index (χ1v) is 6.69. The lowest BCUT2D eigenvalue weighted by Gasteiger charge is -2.04. The number of halogens is 1. The van der Waals surface area contributed by atoms with Crippen molar-refractivity contribution in [1.82, 2.24) is 9.55 Å². The van der Waals surface area contributed by atoms with Crippen LogP contribution in [0.5, 0.6) is 11.5 Å². The van der Waals surface area contributed by atoms with Crippen molar-refractivity contribution in [1.29, 1.82) is 0 Å². The summed E-state index contributed by atoms with van der Waals surface area (Å²) < 4.78 is 22.3. The number of aromatic amines is 1. The molecule has 2 aromatic rings. The van der Waals surface area contributed by atoms with Gasteiger partial charge in [0, 0.05) is 13.2 Å². The van der Waals surface area contributed by atoms with Crippen LogP contribution in [-0.2, 0) is 16.7 Å². The number of furan rings is 1. The molecule has 0 atom stereocenters. The van der Waals surface area contributed by atoms with E-state index in [9.17, 15) is 9.59 Å². The fourth-order valence-corrected chi connectivity index (χ4v) is 2.17. The molecule has 8 nitrogen and oxygen atoms in total. The Balaban J connectivity index is 2.72. The Morgan fingerprint density at radius 1 is 1.29 bits per heavy atom. The third kappa shape index (κ3) is 2.83. The fraction of sp³-hybridized carbons (Fsp3) is 0.333. The summed E-state index contributed by atoms with van der Waals surface area (Å²) in [5.74, 6) is 1.17. The number of aryl methyl sites for hydroxylation is 1. The number of ether oxygens (including phenoxy) is 2. The van der Waals surface area contributed by atoms with E-state index >= 15 is 0 Å². The normalized spacial score (nSPS) is 10.7. The summed E-state index contributed by atoms with van der Waals surface area (Å²) in [5.41, 5.74) is -0.932. The number of methoxy groups -OCH3 is 2. The molecular weight excluding hydrogens is 395 g/mol. The lowest BCUT2D eigenvalue weighted by Crippen LogP contribution is -2.28. The minimum Gasteiger partial charge on any atom is -0.490 e. The van der Waals surface area contributed by atoms with E-state index in [2.05, 4.69) is 4.98 Å². The molecule has 0 spiro atoms. The van der Waals surface area contributed by atoms with Gasteiger partial charge in [0.15, 0.2) is 11.5 Å². The highest BCUT2D eigenvalue weighted by atomic mass is 127. The minimum atomic E-state index is -0.574. The summed E-state index contributed by atoms with van der Waals surface area (Å²) >= 11 is 1.72. The average molecular weight is 408 g/mol. The first-order valence-electron chi connectivity index (χ1n) is 5.81. The molecule has 0 amide bonds. The molecule has 2 aromatic heterocycles. The van der Waals surface area contributed by atoms with Gasteiger partial charge in [-0.3, -0.25) is 9.78 Å². The molecule has 21 heavy (non-hydrogen) atoms. The van der Waals surface area contributed by atoms with Crippen molar-refractivity contribution >= 4 is 23.0 Å². The van der Waals surface area contributed by atoms with Gasteiger partial charge in [0.05, 0.1) is 14.2 Å². The van der Waals surface area contributed by atoms with Crippen molar-refractivity contribution in [3.8, 4) is 22.8 Å². The van der Waals surface area contributed by atoms with Crippen LogP contribution in [0.2, 0.25) is 0 Å². The second-order valence-electron chi connectivity index (χ2n) is 4.09. The number of aromatic nitrogens is 2. The Morgan fingerprint density at radius 3 is 2.52 bits per heavy atom. The lowest BCUT2D eigenvalue weighted by molar-refractivity contribution is 0.322. The molecule has 0 fully saturated rings. The van der Waals surface area contributed by atoms with Crippen molar-refractivity contribution in [2.24, 2.45) is 7.05 Å². The van der Waals surface area contributed by atoms with Gasteiger partial charge in [0.1, 0.15) is 35.2 Å². The van der Waals surface area contributed by atoms with Crippen LogP contribution in [0.3, 0.4) is 0 Å². The van der Waals surface area contributed by atoms with E-state index in [-0.39, 0.29) is 23.7 Å². The van der Waals surface area contributed by atoms with E-state index < -0.39 is 11.2 Å². The summed E-state index contributed by atoms with van der Waals surface area (Å²) in [5, 5.41) is 0. The zero-order chi connectivity index (χ0) is 15.6. The molecule has 114 valence electrons. The quantitative estimate of drug-likeness (QED) is 0.748. The zero-order valence-electron chi connectivity index (χ0n) is 11.6. The topological polar surface area (TPSA) is 95.7 Å². The molecule has 0 bridgehead atoms. The van der Waals surface area contributed by atoms with Crippen LogP contribution in [-0.4, -0.2) is 23.8 Å². The second-order valence-corrected chi connectivity index (χ2v) is 4.71. The maximum absolute atomic E-state index is 12.0. The Kier molecular flexibility index (Phi) is 4.73. The highest BCUT2D eigenvalue weighted by Crippen LogP contribution is 2.42. The first kappa shape index (κ1) is 15.6. The summed E-state index contributed by atoms with van der Waals surface area (Å²) in [6.45, 7) is 0.143. The highest BCUT2D eigenvalue weighted by Gasteiger charge is 2.25. The van der Waals surface area contributed by atoms with Crippen LogP contribution < -0.4 is 20.7 Å². The van der Waals surface area contributed by atoms with Gasteiger partial charge in [-0.1, -0.05) is 0 Å².